The number of H-pyrrole nitrogens is 1. The van der Waals surface area contributed by atoms with Crippen LogP contribution in [0.25, 0.3) is 5.65 Å². The third kappa shape index (κ3) is 3.71. The van der Waals surface area contributed by atoms with Crippen molar-refractivity contribution in [1.82, 2.24) is 29.7 Å². The lowest BCUT2D eigenvalue weighted by atomic mass is 10.1. The molecule has 0 aliphatic rings. The average Bonchev–Trinajstić information content (AvgIpc) is 3.11. The fourth-order valence-corrected chi connectivity index (χ4v) is 2.93. The van der Waals surface area contributed by atoms with E-state index in [1.165, 1.54) is 23.8 Å². The van der Waals surface area contributed by atoms with Crippen molar-refractivity contribution in [2.24, 2.45) is 7.05 Å². The molecule has 0 unspecified atom stereocenters. The summed E-state index contributed by atoms with van der Waals surface area (Å²) in [5.41, 5.74) is 0.771. The highest BCUT2D eigenvalue weighted by molar-refractivity contribution is 5.79. The van der Waals surface area contributed by atoms with Crippen molar-refractivity contribution in [3.63, 3.8) is 0 Å². The van der Waals surface area contributed by atoms with E-state index in [9.17, 15) is 22.8 Å². The number of hydrogen-bond donors (Lipinski definition) is 2. The third-order valence-corrected chi connectivity index (χ3v) is 4.19. The molecule has 8 nitrogen and oxygen atoms in total. The second-order valence-corrected chi connectivity index (χ2v) is 6.20. The fourth-order valence-electron chi connectivity index (χ4n) is 2.93. The predicted molar refractivity (Wildman–Crippen MR) is 89.0 cm³/mol. The summed E-state index contributed by atoms with van der Waals surface area (Å²) in [6.07, 6.45) is -3.45. The van der Waals surface area contributed by atoms with E-state index in [0.29, 0.717) is 22.6 Å². The molecule has 3 aromatic rings. The number of alkyl halides is 3. The number of carbonyl (C=O) groups is 1. The number of aromatic nitrogens is 5. The first-order chi connectivity index (χ1) is 12.6. The van der Waals surface area contributed by atoms with Crippen molar-refractivity contribution in [3.05, 3.63) is 50.8 Å². The van der Waals surface area contributed by atoms with Gasteiger partial charge in [0.1, 0.15) is 0 Å². The Kier molecular flexibility index (Phi) is 4.54. The van der Waals surface area contributed by atoms with Crippen LogP contribution in [0.5, 0.6) is 0 Å². The first-order valence-electron chi connectivity index (χ1n) is 8.00. The number of nitrogens with zero attached hydrogens (tertiary/aromatic N) is 4. The molecule has 0 spiro atoms. The topological polar surface area (TPSA) is 97.1 Å². The molecule has 0 saturated carbocycles. The second-order valence-electron chi connectivity index (χ2n) is 6.20. The Morgan fingerprint density at radius 1 is 1.33 bits per heavy atom. The van der Waals surface area contributed by atoms with Crippen molar-refractivity contribution in [1.29, 1.82) is 0 Å². The van der Waals surface area contributed by atoms with Crippen molar-refractivity contribution < 1.29 is 18.0 Å². The first-order valence-corrected chi connectivity index (χ1v) is 8.00. The van der Waals surface area contributed by atoms with Crippen molar-refractivity contribution in [2.45, 2.75) is 33.0 Å². The highest BCUT2D eigenvalue weighted by Gasteiger charge is 2.36. The highest BCUT2D eigenvalue weighted by atomic mass is 19.4. The third-order valence-electron chi connectivity index (χ3n) is 4.19. The molecular weight excluding hydrogens is 365 g/mol. The number of nitrogens with one attached hydrogen (secondary N) is 2. The van der Waals surface area contributed by atoms with Crippen LogP contribution in [0.3, 0.4) is 0 Å². The maximum absolute atomic E-state index is 13.0. The van der Waals surface area contributed by atoms with Crippen LogP contribution in [0.2, 0.25) is 0 Å². The number of halogens is 3. The average molecular weight is 382 g/mol. The minimum atomic E-state index is -4.59. The van der Waals surface area contributed by atoms with E-state index < -0.39 is 17.8 Å². The molecule has 0 aliphatic heterocycles. The zero-order valence-corrected chi connectivity index (χ0v) is 14.8. The standard InChI is InChI=1S/C16H17F3N6O2/c1-8-11(9(2)25-12(21-8)5-14(27)22-25)4-13(26)20-6-10-7-24(3)23-15(10)16(17,18)19/h5,7H,4,6H2,1-3H3,(H,20,26)(H,22,27). The maximum Gasteiger partial charge on any atom is 0.435 e. The summed E-state index contributed by atoms with van der Waals surface area (Å²) in [6, 6.07) is 1.34. The molecule has 27 heavy (non-hydrogen) atoms. The monoisotopic (exact) mass is 382 g/mol. The van der Waals surface area contributed by atoms with Crippen LogP contribution >= 0.6 is 0 Å². The normalized spacial score (nSPS) is 11.9. The van der Waals surface area contributed by atoms with Crippen LogP contribution in [0.15, 0.2) is 17.1 Å². The molecule has 144 valence electrons. The molecule has 0 radical (unpaired) electrons. The summed E-state index contributed by atoms with van der Waals surface area (Å²) >= 11 is 0. The van der Waals surface area contributed by atoms with Gasteiger partial charge in [-0.2, -0.15) is 18.3 Å². The number of carbonyl (C=O) groups excluding carboxylic acids is 1. The molecule has 0 aromatic carbocycles. The SMILES string of the molecule is Cc1nc2cc(=O)[nH]n2c(C)c1CC(=O)NCc1cn(C)nc1C(F)(F)F. The van der Waals surface area contributed by atoms with Gasteiger partial charge in [0.05, 0.1) is 6.42 Å². The van der Waals surface area contributed by atoms with Gasteiger partial charge in [-0.3, -0.25) is 19.4 Å². The Balaban J connectivity index is 1.78. The van der Waals surface area contributed by atoms with E-state index in [1.54, 1.807) is 13.8 Å². The second kappa shape index (κ2) is 6.56. The fraction of sp³-hybridized carbons (Fsp3) is 0.375. The molecular formula is C16H17F3N6O2. The van der Waals surface area contributed by atoms with Crippen LogP contribution in [-0.4, -0.2) is 30.3 Å². The Morgan fingerprint density at radius 3 is 2.70 bits per heavy atom. The summed E-state index contributed by atoms with van der Waals surface area (Å²) in [5, 5.41) is 8.46. The number of fused-ring (bicyclic) bond motifs is 1. The smallest absolute Gasteiger partial charge is 0.352 e. The predicted octanol–water partition coefficient (Wildman–Crippen LogP) is 1.25. The number of rotatable bonds is 4. The summed E-state index contributed by atoms with van der Waals surface area (Å²) in [7, 11) is 1.38. The number of hydrogen-bond acceptors (Lipinski definition) is 4. The van der Waals surface area contributed by atoms with Gasteiger partial charge in [0.15, 0.2) is 11.3 Å². The van der Waals surface area contributed by atoms with Crippen molar-refractivity contribution in [2.75, 3.05) is 0 Å². The number of amides is 1. The lowest BCUT2D eigenvalue weighted by Crippen LogP contribution is -2.26. The summed E-state index contributed by atoms with van der Waals surface area (Å²) in [6.45, 7) is 3.13. The van der Waals surface area contributed by atoms with Gasteiger partial charge in [0.25, 0.3) is 5.56 Å². The molecule has 0 aliphatic carbocycles. The van der Waals surface area contributed by atoms with E-state index in [-0.39, 0.29) is 24.1 Å². The van der Waals surface area contributed by atoms with Crippen LogP contribution in [-0.2, 0) is 31.0 Å². The van der Waals surface area contributed by atoms with Gasteiger partial charge < -0.3 is 5.32 Å². The molecule has 3 aromatic heterocycles. The quantitative estimate of drug-likeness (QED) is 0.710. The Hall–Kier alpha value is -3.11. The zero-order chi connectivity index (χ0) is 19.9. The van der Waals surface area contributed by atoms with Gasteiger partial charge in [0.2, 0.25) is 5.91 Å². The zero-order valence-electron chi connectivity index (χ0n) is 14.8. The molecule has 0 atom stereocenters. The molecule has 1 amide bonds. The van der Waals surface area contributed by atoms with E-state index in [2.05, 4.69) is 20.5 Å². The summed E-state index contributed by atoms with van der Waals surface area (Å²) in [5.74, 6) is -0.464. The van der Waals surface area contributed by atoms with Gasteiger partial charge in [-0.05, 0) is 13.8 Å². The minimum absolute atomic E-state index is 0.0809. The van der Waals surface area contributed by atoms with Crippen LogP contribution in [0.1, 0.15) is 28.2 Å². The van der Waals surface area contributed by atoms with E-state index >= 15 is 0 Å². The summed E-state index contributed by atoms with van der Waals surface area (Å²) in [4.78, 5) is 28.0. The van der Waals surface area contributed by atoms with Crippen molar-refractivity contribution >= 4 is 11.6 Å². The Morgan fingerprint density at radius 2 is 2.04 bits per heavy atom. The lowest BCUT2D eigenvalue weighted by molar-refractivity contribution is -0.142. The summed E-state index contributed by atoms with van der Waals surface area (Å²) < 4.78 is 41.4. The molecule has 3 rings (SSSR count). The Bertz CT molecular complexity index is 1080. The highest BCUT2D eigenvalue weighted by Crippen LogP contribution is 2.30. The molecule has 11 heteroatoms. The van der Waals surface area contributed by atoms with Crippen molar-refractivity contribution in [3.8, 4) is 0 Å². The first kappa shape index (κ1) is 18.7. The minimum Gasteiger partial charge on any atom is -0.352 e. The van der Waals surface area contributed by atoms with Gasteiger partial charge in [0, 0.05) is 48.4 Å². The largest absolute Gasteiger partial charge is 0.435 e. The van der Waals surface area contributed by atoms with E-state index in [4.69, 9.17) is 0 Å². The maximum atomic E-state index is 13.0. The molecule has 3 heterocycles. The number of aryl methyl sites for hydroxylation is 3. The van der Waals surface area contributed by atoms with Gasteiger partial charge in [-0.25, -0.2) is 9.50 Å². The lowest BCUT2D eigenvalue weighted by Gasteiger charge is -2.12. The molecule has 0 bridgehead atoms. The Labute approximate surface area is 151 Å². The molecule has 0 saturated heterocycles. The number of aromatic amines is 1. The van der Waals surface area contributed by atoms with Gasteiger partial charge in [-0.15, -0.1) is 0 Å². The molecule has 2 N–H and O–H groups in total. The van der Waals surface area contributed by atoms with E-state index in [0.717, 1.165) is 4.68 Å². The van der Waals surface area contributed by atoms with Gasteiger partial charge >= 0.3 is 6.18 Å². The van der Waals surface area contributed by atoms with Crippen LogP contribution < -0.4 is 10.9 Å². The van der Waals surface area contributed by atoms with Crippen LogP contribution in [0.4, 0.5) is 13.2 Å². The van der Waals surface area contributed by atoms with E-state index in [1.807, 2.05) is 0 Å². The molecule has 0 fully saturated rings. The van der Waals surface area contributed by atoms with Gasteiger partial charge in [-0.1, -0.05) is 0 Å². The van der Waals surface area contributed by atoms with Crippen LogP contribution in [0, 0.1) is 13.8 Å².